The van der Waals surface area contributed by atoms with E-state index in [1.54, 1.807) is 0 Å². The van der Waals surface area contributed by atoms with Crippen LogP contribution in [0.3, 0.4) is 0 Å². The molecule has 0 aromatic carbocycles. The van der Waals surface area contributed by atoms with E-state index in [1.165, 1.54) is 38.8 Å². The van der Waals surface area contributed by atoms with Crippen molar-refractivity contribution in [3.8, 4) is 0 Å². The van der Waals surface area contributed by atoms with Crippen molar-refractivity contribution < 1.29 is 0 Å². The van der Waals surface area contributed by atoms with Crippen LogP contribution in [0.1, 0.15) is 46.5 Å². The van der Waals surface area contributed by atoms with E-state index in [0.29, 0.717) is 0 Å². The molecule has 0 aromatic heterocycles. The Morgan fingerprint density at radius 2 is 2.06 bits per heavy atom. The van der Waals surface area contributed by atoms with Gasteiger partial charge in [-0.2, -0.15) is 0 Å². The van der Waals surface area contributed by atoms with E-state index in [4.69, 9.17) is 5.73 Å². The van der Waals surface area contributed by atoms with E-state index >= 15 is 0 Å². The maximum absolute atomic E-state index is 6.14. The normalized spacial score (nSPS) is 31.4. The number of nitrogens with zero attached hydrogens (tertiary/aromatic N) is 2. The highest BCUT2D eigenvalue weighted by atomic mass is 15.3. The van der Waals surface area contributed by atoms with Crippen LogP contribution in [0.15, 0.2) is 0 Å². The van der Waals surface area contributed by atoms with Crippen LogP contribution in [0, 0.1) is 0 Å². The Hall–Kier alpha value is -0.120. The van der Waals surface area contributed by atoms with Crippen molar-refractivity contribution in [1.82, 2.24) is 9.80 Å². The van der Waals surface area contributed by atoms with E-state index in [9.17, 15) is 0 Å². The standard InChI is InChI=1S/C14H29N3/c1-5-13(2,3)16(4)14(10-15)8-9-17(11-14)12-6-7-12/h12H,5-11,15H2,1-4H3. The first-order valence-corrected chi connectivity index (χ1v) is 7.13. The van der Waals surface area contributed by atoms with Crippen molar-refractivity contribution >= 4 is 0 Å². The Morgan fingerprint density at radius 3 is 2.53 bits per heavy atom. The lowest BCUT2D eigenvalue weighted by molar-refractivity contribution is 0.0285. The van der Waals surface area contributed by atoms with Gasteiger partial charge in [0.05, 0.1) is 0 Å². The summed E-state index contributed by atoms with van der Waals surface area (Å²) in [4.78, 5) is 5.22. The van der Waals surface area contributed by atoms with Gasteiger partial charge < -0.3 is 5.73 Å². The second-order valence-electron chi connectivity index (χ2n) is 6.61. The Morgan fingerprint density at radius 1 is 1.41 bits per heavy atom. The molecule has 0 bridgehead atoms. The molecule has 0 amide bonds. The van der Waals surface area contributed by atoms with Crippen LogP contribution in [0.2, 0.25) is 0 Å². The smallest absolute Gasteiger partial charge is 0.0472 e. The number of hydrogen-bond donors (Lipinski definition) is 1. The number of rotatable bonds is 5. The van der Waals surface area contributed by atoms with Gasteiger partial charge in [-0.05, 0) is 46.6 Å². The zero-order valence-electron chi connectivity index (χ0n) is 12.0. The monoisotopic (exact) mass is 239 g/mol. The largest absolute Gasteiger partial charge is 0.329 e. The van der Waals surface area contributed by atoms with Crippen LogP contribution < -0.4 is 5.73 Å². The molecule has 1 saturated carbocycles. The lowest BCUT2D eigenvalue weighted by Gasteiger charge is -2.47. The molecule has 2 rings (SSSR count). The summed E-state index contributed by atoms with van der Waals surface area (Å²) in [5.41, 5.74) is 6.59. The van der Waals surface area contributed by atoms with Gasteiger partial charge in [0.25, 0.3) is 0 Å². The minimum Gasteiger partial charge on any atom is -0.329 e. The third-order valence-corrected chi connectivity index (χ3v) is 5.29. The van der Waals surface area contributed by atoms with Crippen LogP contribution in [0.25, 0.3) is 0 Å². The van der Waals surface area contributed by atoms with E-state index in [2.05, 4.69) is 37.6 Å². The second-order valence-corrected chi connectivity index (χ2v) is 6.61. The summed E-state index contributed by atoms with van der Waals surface area (Å²) in [5.74, 6) is 0. The van der Waals surface area contributed by atoms with Gasteiger partial charge in [0.1, 0.15) is 0 Å². The molecule has 1 heterocycles. The Balaban J connectivity index is 2.09. The van der Waals surface area contributed by atoms with Crippen molar-refractivity contribution in [3.05, 3.63) is 0 Å². The molecule has 17 heavy (non-hydrogen) atoms. The van der Waals surface area contributed by atoms with Crippen LogP contribution in [-0.4, -0.2) is 53.6 Å². The first kappa shape index (κ1) is 13.3. The first-order valence-electron chi connectivity index (χ1n) is 7.13. The van der Waals surface area contributed by atoms with Crippen LogP contribution in [-0.2, 0) is 0 Å². The fourth-order valence-electron chi connectivity index (χ4n) is 3.10. The fourth-order valence-corrected chi connectivity index (χ4v) is 3.10. The second kappa shape index (κ2) is 4.52. The third-order valence-electron chi connectivity index (χ3n) is 5.29. The first-order chi connectivity index (χ1) is 7.95. The zero-order chi connectivity index (χ0) is 12.7. The fraction of sp³-hybridized carbons (Fsp3) is 1.00. The third kappa shape index (κ3) is 2.38. The molecule has 0 radical (unpaired) electrons. The Labute approximate surface area is 106 Å². The van der Waals surface area contributed by atoms with Gasteiger partial charge in [-0.15, -0.1) is 0 Å². The molecule has 1 atom stereocenters. The van der Waals surface area contributed by atoms with Crippen molar-refractivity contribution in [2.24, 2.45) is 5.73 Å². The van der Waals surface area contributed by atoms with Gasteiger partial charge in [-0.1, -0.05) is 6.92 Å². The molecule has 3 heteroatoms. The quantitative estimate of drug-likeness (QED) is 0.792. The van der Waals surface area contributed by atoms with Gasteiger partial charge in [-0.25, -0.2) is 0 Å². The van der Waals surface area contributed by atoms with Gasteiger partial charge in [0.2, 0.25) is 0 Å². The number of hydrogen-bond acceptors (Lipinski definition) is 3. The number of likely N-dealkylation sites (N-methyl/N-ethyl adjacent to an activating group) is 1. The molecule has 1 aliphatic heterocycles. The summed E-state index contributed by atoms with van der Waals surface area (Å²) < 4.78 is 0. The summed E-state index contributed by atoms with van der Waals surface area (Å²) in [6.45, 7) is 10.2. The predicted molar refractivity (Wildman–Crippen MR) is 73.1 cm³/mol. The average Bonchev–Trinajstić information content (AvgIpc) is 3.08. The van der Waals surface area contributed by atoms with Crippen LogP contribution >= 0.6 is 0 Å². The summed E-state index contributed by atoms with van der Waals surface area (Å²) in [6, 6.07) is 0.876. The van der Waals surface area contributed by atoms with E-state index in [0.717, 1.165) is 12.6 Å². The van der Waals surface area contributed by atoms with E-state index in [-0.39, 0.29) is 11.1 Å². The topological polar surface area (TPSA) is 32.5 Å². The Bertz CT molecular complexity index is 273. The van der Waals surface area contributed by atoms with Gasteiger partial charge in [-0.3, -0.25) is 9.80 Å². The summed E-state index contributed by atoms with van der Waals surface area (Å²) in [7, 11) is 2.27. The van der Waals surface area contributed by atoms with Gasteiger partial charge >= 0.3 is 0 Å². The van der Waals surface area contributed by atoms with Crippen molar-refractivity contribution in [2.45, 2.75) is 63.6 Å². The lowest BCUT2D eigenvalue weighted by Crippen LogP contribution is -2.61. The highest BCUT2D eigenvalue weighted by Gasteiger charge is 2.47. The SMILES string of the molecule is CCC(C)(C)N(C)C1(CN)CCN(C2CC2)C1. The van der Waals surface area contributed by atoms with Gasteiger partial charge in [0.15, 0.2) is 0 Å². The molecule has 2 N–H and O–H groups in total. The van der Waals surface area contributed by atoms with Crippen molar-refractivity contribution in [1.29, 1.82) is 0 Å². The number of nitrogens with two attached hydrogens (primary N) is 1. The average molecular weight is 239 g/mol. The Kier molecular flexibility index (Phi) is 3.54. The molecule has 3 nitrogen and oxygen atoms in total. The zero-order valence-corrected chi connectivity index (χ0v) is 12.0. The molecule has 2 fully saturated rings. The molecule has 2 aliphatic rings. The maximum Gasteiger partial charge on any atom is 0.0472 e. The minimum atomic E-state index is 0.210. The molecule has 0 aromatic rings. The minimum absolute atomic E-state index is 0.210. The molecule has 1 saturated heterocycles. The summed E-state index contributed by atoms with van der Waals surface area (Å²) in [6.07, 6.45) is 5.22. The highest BCUT2D eigenvalue weighted by molar-refractivity contribution is 5.05. The number of likely N-dealkylation sites (tertiary alicyclic amines) is 1. The lowest BCUT2D eigenvalue weighted by atomic mass is 9.88. The highest BCUT2D eigenvalue weighted by Crippen LogP contribution is 2.38. The van der Waals surface area contributed by atoms with Crippen molar-refractivity contribution in [2.75, 3.05) is 26.7 Å². The van der Waals surface area contributed by atoms with Crippen molar-refractivity contribution in [3.63, 3.8) is 0 Å². The summed E-state index contributed by atoms with van der Waals surface area (Å²) in [5, 5.41) is 0. The molecular weight excluding hydrogens is 210 g/mol. The molecule has 100 valence electrons. The maximum atomic E-state index is 6.14. The van der Waals surface area contributed by atoms with Gasteiger partial charge in [0, 0.05) is 36.8 Å². The molecular formula is C14H29N3. The predicted octanol–water partition coefficient (Wildman–Crippen LogP) is 1.67. The van der Waals surface area contributed by atoms with Crippen LogP contribution in [0.5, 0.6) is 0 Å². The molecule has 0 spiro atoms. The van der Waals surface area contributed by atoms with E-state index < -0.39 is 0 Å². The van der Waals surface area contributed by atoms with Crippen LogP contribution in [0.4, 0.5) is 0 Å². The summed E-state index contributed by atoms with van der Waals surface area (Å²) >= 11 is 0. The molecule has 1 aliphatic carbocycles. The van der Waals surface area contributed by atoms with E-state index in [1.807, 2.05) is 0 Å². The molecule has 1 unspecified atom stereocenters.